The molecule has 0 spiro atoms. The van der Waals surface area contributed by atoms with Crippen molar-refractivity contribution in [2.24, 2.45) is 0 Å². The van der Waals surface area contributed by atoms with Crippen LogP contribution >= 0.6 is 0 Å². The van der Waals surface area contributed by atoms with E-state index in [-0.39, 0.29) is 17.9 Å². The van der Waals surface area contributed by atoms with Crippen LogP contribution in [0, 0.1) is 21.7 Å². The van der Waals surface area contributed by atoms with Gasteiger partial charge in [-0.3, -0.25) is 19.7 Å². The van der Waals surface area contributed by atoms with Gasteiger partial charge in [-0.05, 0) is 24.6 Å². The van der Waals surface area contributed by atoms with E-state index in [2.05, 4.69) is 5.32 Å². The lowest BCUT2D eigenvalue weighted by atomic mass is 9.88. The van der Waals surface area contributed by atoms with Gasteiger partial charge < -0.3 is 15.2 Å². The number of aliphatic carboxylic acids is 1. The molecule has 2 N–H and O–H groups in total. The van der Waals surface area contributed by atoms with E-state index in [1.807, 2.05) is 0 Å². The molecule has 1 amide bonds. The molecule has 9 nitrogen and oxygen atoms in total. The Morgan fingerprint density at radius 1 is 1.16 bits per heavy atom. The van der Waals surface area contributed by atoms with Crippen molar-refractivity contribution in [2.75, 3.05) is 6.61 Å². The zero-order chi connectivity index (χ0) is 23.1. The molecule has 164 valence electrons. The van der Waals surface area contributed by atoms with Crippen molar-refractivity contribution in [3.63, 3.8) is 0 Å². The second kappa shape index (κ2) is 10.2. The largest absolute Gasteiger partial charge is 0.480 e. The number of halogens is 2. The van der Waals surface area contributed by atoms with Gasteiger partial charge in [0.05, 0.1) is 23.5 Å². The fourth-order valence-electron chi connectivity index (χ4n) is 2.90. The van der Waals surface area contributed by atoms with Crippen molar-refractivity contribution in [3.8, 4) is 0 Å². The number of hydrogen-bond donors (Lipinski definition) is 2. The Morgan fingerprint density at radius 3 is 2.32 bits per heavy atom. The van der Waals surface area contributed by atoms with Gasteiger partial charge in [0, 0.05) is 24.1 Å². The summed E-state index contributed by atoms with van der Waals surface area (Å²) in [6, 6.07) is 5.18. The minimum absolute atomic E-state index is 0.0245. The highest BCUT2D eigenvalue weighted by Crippen LogP contribution is 2.27. The summed E-state index contributed by atoms with van der Waals surface area (Å²) in [5.74, 6) is -6.75. The van der Waals surface area contributed by atoms with Gasteiger partial charge in [0.15, 0.2) is 0 Å². The van der Waals surface area contributed by atoms with Gasteiger partial charge in [-0.15, -0.1) is 0 Å². The van der Waals surface area contributed by atoms with Crippen LogP contribution in [0.1, 0.15) is 35.2 Å². The molecule has 0 saturated heterocycles. The maximum atomic E-state index is 13.9. The van der Waals surface area contributed by atoms with Crippen LogP contribution in [0.5, 0.6) is 0 Å². The highest BCUT2D eigenvalue weighted by molar-refractivity contribution is 5.97. The number of carbonyl (C=O) groups is 3. The number of esters is 1. The van der Waals surface area contributed by atoms with Crippen molar-refractivity contribution in [2.45, 2.75) is 25.3 Å². The van der Waals surface area contributed by atoms with Gasteiger partial charge in [0.25, 0.3) is 11.6 Å². The van der Waals surface area contributed by atoms with E-state index in [0.717, 1.165) is 24.3 Å². The Balaban J connectivity index is 2.40. The maximum Gasteiger partial charge on any atom is 0.326 e. The summed E-state index contributed by atoms with van der Waals surface area (Å²) in [4.78, 5) is 46.6. The van der Waals surface area contributed by atoms with Crippen LogP contribution in [0.15, 0.2) is 42.5 Å². The summed E-state index contributed by atoms with van der Waals surface area (Å²) in [6.45, 7) is 1.57. The highest BCUT2D eigenvalue weighted by Gasteiger charge is 2.34. The third kappa shape index (κ3) is 6.04. The molecule has 0 saturated carbocycles. The van der Waals surface area contributed by atoms with Crippen LogP contribution in [0.3, 0.4) is 0 Å². The summed E-state index contributed by atoms with van der Waals surface area (Å²) < 4.78 is 31.9. The third-order valence-electron chi connectivity index (χ3n) is 4.35. The molecule has 0 heterocycles. The number of nitrogens with zero attached hydrogens (tertiary/aromatic N) is 1. The molecule has 11 heteroatoms. The first kappa shape index (κ1) is 23.4. The zero-order valence-electron chi connectivity index (χ0n) is 16.2. The van der Waals surface area contributed by atoms with Gasteiger partial charge in [-0.1, -0.05) is 12.1 Å². The molecular weight excluding hydrogens is 418 g/mol. The molecule has 2 aromatic rings. The molecule has 0 aliphatic carbocycles. The fraction of sp³-hybridized carbons (Fsp3) is 0.250. The summed E-state index contributed by atoms with van der Waals surface area (Å²) >= 11 is 0. The van der Waals surface area contributed by atoms with Crippen molar-refractivity contribution in [1.82, 2.24) is 5.32 Å². The Hall–Kier alpha value is -3.89. The predicted octanol–water partition coefficient (Wildman–Crippen LogP) is 2.79. The number of nitro benzene ring substituents is 1. The second-order valence-electron chi connectivity index (χ2n) is 6.38. The van der Waals surface area contributed by atoms with Crippen LogP contribution in [0.4, 0.5) is 14.5 Å². The average Bonchev–Trinajstić information content (AvgIpc) is 2.70. The zero-order valence-corrected chi connectivity index (χ0v) is 16.2. The molecule has 0 aliphatic heterocycles. The Labute approximate surface area is 174 Å². The standard InChI is InChI=1S/C20H18F2N2O7/c1-2-31-17(25)10-15(11-3-6-13(7-4-11)24(29)30)18(20(27)28)23-19(26)14-8-5-12(21)9-16(14)22/h3-9,15,18H,2,10H2,1H3,(H,23,26)(H,27,28)/t15-,18-/m0/s1. The van der Waals surface area contributed by atoms with Gasteiger partial charge in [0.1, 0.15) is 17.7 Å². The monoisotopic (exact) mass is 436 g/mol. The molecule has 2 aromatic carbocycles. The minimum Gasteiger partial charge on any atom is -0.480 e. The number of nitro groups is 1. The second-order valence-corrected chi connectivity index (χ2v) is 6.38. The summed E-state index contributed by atoms with van der Waals surface area (Å²) in [5, 5.41) is 22.7. The van der Waals surface area contributed by atoms with Crippen molar-refractivity contribution in [1.29, 1.82) is 0 Å². The normalized spacial score (nSPS) is 12.5. The lowest BCUT2D eigenvalue weighted by molar-refractivity contribution is -0.384. The number of carbonyl (C=O) groups excluding carboxylic acids is 2. The summed E-state index contributed by atoms with van der Waals surface area (Å²) in [7, 11) is 0. The first-order valence-corrected chi connectivity index (χ1v) is 9.02. The number of carboxylic acid groups (broad SMARTS) is 1. The lowest BCUT2D eigenvalue weighted by Crippen LogP contribution is -2.46. The Morgan fingerprint density at radius 2 is 1.81 bits per heavy atom. The number of carboxylic acids is 1. The highest BCUT2D eigenvalue weighted by atomic mass is 19.1. The smallest absolute Gasteiger partial charge is 0.326 e. The van der Waals surface area contributed by atoms with Crippen LogP contribution in [0.2, 0.25) is 0 Å². The first-order valence-electron chi connectivity index (χ1n) is 9.02. The molecule has 0 aromatic heterocycles. The lowest BCUT2D eigenvalue weighted by Gasteiger charge is -2.25. The molecule has 0 aliphatic rings. The topological polar surface area (TPSA) is 136 Å². The summed E-state index contributed by atoms with van der Waals surface area (Å²) in [6.07, 6.45) is -0.477. The van der Waals surface area contributed by atoms with Gasteiger partial charge in [-0.2, -0.15) is 0 Å². The molecular formula is C20H18F2N2O7. The predicted molar refractivity (Wildman–Crippen MR) is 102 cm³/mol. The number of amides is 1. The number of benzene rings is 2. The fourth-order valence-corrected chi connectivity index (χ4v) is 2.90. The molecule has 0 unspecified atom stereocenters. The average molecular weight is 436 g/mol. The van der Waals surface area contributed by atoms with Gasteiger partial charge in [-0.25, -0.2) is 13.6 Å². The molecule has 0 radical (unpaired) electrons. The molecule has 31 heavy (non-hydrogen) atoms. The van der Waals surface area contributed by atoms with E-state index < -0.39 is 58.3 Å². The molecule has 2 atom stereocenters. The van der Waals surface area contributed by atoms with Gasteiger partial charge >= 0.3 is 11.9 Å². The van der Waals surface area contributed by atoms with E-state index in [0.29, 0.717) is 6.07 Å². The van der Waals surface area contributed by atoms with Crippen LogP contribution in [-0.2, 0) is 14.3 Å². The Bertz CT molecular complexity index is 996. The van der Waals surface area contributed by atoms with E-state index in [1.54, 1.807) is 6.92 Å². The quantitative estimate of drug-likeness (QED) is 0.350. The van der Waals surface area contributed by atoms with Crippen molar-refractivity contribution >= 4 is 23.5 Å². The van der Waals surface area contributed by atoms with Crippen LogP contribution in [0.25, 0.3) is 0 Å². The minimum atomic E-state index is -1.72. The van der Waals surface area contributed by atoms with Crippen LogP contribution in [-0.4, -0.2) is 40.5 Å². The number of ether oxygens (including phenoxy) is 1. The Kier molecular flexibility index (Phi) is 7.72. The number of rotatable bonds is 9. The molecule has 2 rings (SSSR count). The summed E-state index contributed by atoms with van der Waals surface area (Å²) in [5.41, 5.74) is -0.653. The van der Waals surface area contributed by atoms with E-state index in [1.165, 1.54) is 12.1 Å². The third-order valence-corrected chi connectivity index (χ3v) is 4.35. The van der Waals surface area contributed by atoms with Crippen LogP contribution < -0.4 is 5.32 Å². The van der Waals surface area contributed by atoms with E-state index in [4.69, 9.17) is 4.74 Å². The number of hydrogen-bond acceptors (Lipinski definition) is 6. The van der Waals surface area contributed by atoms with E-state index >= 15 is 0 Å². The SMILES string of the molecule is CCOC(=O)C[C@@H](c1ccc([N+](=O)[O-])cc1)[C@H](NC(=O)c1ccc(F)cc1F)C(=O)O. The first-order chi connectivity index (χ1) is 14.6. The number of non-ortho nitro benzene ring substituents is 1. The maximum absolute atomic E-state index is 13.9. The number of nitrogens with one attached hydrogen (secondary N) is 1. The molecule has 0 fully saturated rings. The van der Waals surface area contributed by atoms with Crippen molar-refractivity contribution < 1.29 is 37.9 Å². The molecule has 0 bridgehead atoms. The van der Waals surface area contributed by atoms with E-state index in [9.17, 15) is 38.4 Å². The van der Waals surface area contributed by atoms with Crippen molar-refractivity contribution in [3.05, 3.63) is 75.3 Å². The van der Waals surface area contributed by atoms with Gasteiger partial charge in [0.2, 0.25) is 0 Å².